The van der Waals surface area contributed by atoms with Crippen LogP contribution in [-0.4, -0.2) is 16.2 Å². The van der Waals surface area contributed by atoms with Crippen LogP contribution in [0.3, 0.4) is 0 Å². The van der Waals surface area contributed by atoms with E-state index in [1.165, 1.54) is 0 Å². The van der Waals surface area contributed by atoms with Crippen molar-refractivity contribution in [2.75, 3.05) is 0 Å². The molecule has 100 valence electrons. The van der Waals surface area contributed by atoms with E-state index in [0.717, 1.165) is 0 Å². The first-order valence-electron chi connectivity index (χ1n) is 6.17. The second kappa shape index (κ2) is 6.21. The number of carboxylic acids is 1. The first kappa shape index (κ1) is 15.0. The Bertz CT molecular complexity index is 419. The summed E-state index contributed by atoms with van der Waals surface area (Å²) in [5.74, 6) is -1.79. The van der Waals surface area contributed by atoms with E-state index in [-0.39, 0.29) is 0 Å². The highest BCUT2D eigenvalue weighted by Gasteiger charge is 2.41. The van der Waals surface area contributed by atoms with Crippen molar-refractivity contribution in [3.63, 3.8) is 0 Å². The largest absolute Gasteiger partial charge is 0.481 e. The van der Waals surface area contributed by atoms with Crippen LogP contribution in [-0.2, 0) is 10.4 Å². The van der Waals surface area contributed by atoms with Crippen LogP contribution in [0.4, 0.5) is 0 Å². The molecular weight excluding hydrogens is 252 g/mol. The van der Waals surface area contributed by atoms with Gasteiger partial charge in [0.2, 0.25) is 0 Å². The van der Waals surface area contributed by atoms with Crippen LogP contribution in [0.5, 0.6) is 0 Å². The predicted octanol–water partition coefficient (Wildman–Crippen LogP) is 3.44. The Morgan fingerprint density at radius 2 is 2.11 bits per heavy atom. The number of carboxylic acid groups (broad SMARTS) is 1. The summed E-state index contributed by atoms with van der Waals surface area (Å²) in [5.41, 5.74) is -0.800. The maximum absolute atomic E-state index is 11.4. The maximum Gasteiger partial charge on any atom is 0.309 e. The Morgan fingerprint density at radius 3 is 2.56 bits per heavy atom. The van der Waals surface area contributed by atoms with Crippen molar-refractivity contribution in [1.29, 1.82) is 0 Å². The molecule has 0 saturated heterocycles. The van der Waals surface area contributed by atoms with Crippen molar-refractivity contribution in [2.24, 2.45) is 5.92 Å². The molecule has 0 aromatic heterocycles. The Morgan fingerprint density at radius 1 is 1.44 bits per heavy atom. The average molecular weight is 271 g/mol. The minimum atomic E-state index is -1.37. The van der Waals surface area contributed by atoms with E-state index in [1.54, 1.807) is 31.2 Å². The molecule has 3 nitrogen and oxygen atoms in total. The lowest BCUT2D eigenvalue weighted by Gasteiger charge is -2.33. The van der Waals surface area contributed by atoms with Crippen LogP contribution in [0.25, 0.3) is 0 Å². The summed E-state index contributed by atoms with van der Waals surface area (Å²) in [6.45, 7) is 3.69. The molecule has 0 aliphatic rings. The van der Waals surface area contributed by atoms with Gasteiger partial charge in [0.25, 0.3) is 0 Å². The van der Waals surface area contributed by atoms with Crippen molar-refractivity contribution < 1.29 is 15.0 Å². The third kappa shape index (κ3) is 3.03. The molecule has 0 radical (unpaired) electrons. The van der Waals surface area contributed by atoms with E-state index < -0.39 is 17.5 Å². The first-order chi connectivity index (χ1) is 8.45. The fraction of sp³-hybridized carbons (Fsp3) is 0.500. The lowest BCUT2D eigenvalue weighted by Crippen LogP contribution is -2.39. The van der Waals surface area contributed by atoms with Gasteiger partial charge in [-0.1, -0.05) is 44.0 Å². The zero-order chi connectivity index (χ0) is 13.8. The highest BCUT2D eigenvalue weighted by Crippen LogP contribution is 2.37. The lowest BCUT2D eigenvalue weighted by atomic mass is 9.77. The Kier molecular flexibility index (Phi) is 5.17. The summed E-state index contributed by atoms with van der Waals surface area (Å²) in [4.78, 5) is 11.4. The van der Waals surface area contributed by atoms with Crippen LogP contribution in [0.1, 0.15) is 38.7 Å². The molecule has 4 heteroatoms. The van der Waals surface area contributed by atoms with Gasteiger partial charge < -0.3 is 10.2 Å². The van der Waals surface area contributed by atoms with Gasteiger partial charge in [-0.3, -0.25) is 4.79 Å². The van der Waals surface area contributed by atoms with Crippen LogP contribution in [0.15, 0.2) is 24.3 Å². The van der Waals surface area contributed by atoms with E-state index >= 15 is 0 Å². The zero-order valence-corrected chi connectivity index (χ0v) is 11.4. The zero-order valence-electron chi connectivity index (χ0n) is 10.7. The number of aliphatic carboxylic acids is 1. The second-order valence-electron chi connectivity index (χ2n) is 4.47. The summed E-state index contributed by atoms with van der Waals surface area (Å²) in [5, 5.41) is 20.5. The highest BCUT2D eigenvalue weighted by atomic mass is 35.5. The molecule has 1 rings (SSSR count). The van der Waals surface area contributed by atoms with Gasteiger partial charge in [-0.15, -0.1) is 0 Å². The minimum absolute atomic E-state index is 0.338. The summed E-state index contributed by atoms with van der Waals surface area (Å²) < 4.78 is 0. The van der Waals surface area contributed by atoms with Gasteiger partial charge in [0.15, 0.2) is 0 Å². The van der Waals surface area contributed by atoms with E-state index in [2.05, 4.69) is 0 Å². The molecule has 1 aromatic rings. The number of carbonyl (C=O) groups is 1. The van der Waals surface area contributed by atoms with Gasteiger partial charge in [-0.2, -0.15) is 0 Å². The predicted molar refractivity (Wildman–Crippen MR) is 71.7 cm³/mol. The molecule has 0 fully saturated rings. The second-order valence-corrected chi connectivity index (χ2v) is 4.90. The smallest absolute Gasteiger partial charge is 0.309 e. The average Bonchev–Trinajstić information content (AvgIpc) is 2.34. The SMILES string of the molecule is CCCC(C(=O)O)C(O)(CC)c1cccc(Cl)c1. The molecule has 0 amide bonds. The van der Waals surface area contributed by atoms with E-state index in [1.807, 2.05) is 6.92 Å². The van der Waals surface area contributed by atoms with E-state index in [9.17, 15) is 15.0 Å². The Balaban J connectivity index is 3.21. The molecule has 2 atom stereocenters. The van der Waals surface area contributed by atoms with Gasteiger partial charge in [-0.05, 0) is 30.5 Å². The molecule has 0 saturated carbocycles. The first-order valence-corrected chi connectivity index (χ1v) is 6.54. The summed E-state index contributed by atoms with van der Waals surface area (Å²) >= 11 is 5.91. The van der Waals surface area contributed by atoms with Gasteiger partial charge in [0.05, 0.1) is 5.92 Å². The molecule has 0 heterocycles. The van der Waals surface area contributed by atoms with Crippen molar-refractivity contribution in [2.45, 2.75) is 38.7 Å². The van der Waals surface area contributed by atoms with Gasteiger partial charge >= 0.3 is 5.97 Å². The van der Waals surface area contributed by atoms with Gasteiger partial charge in [-0.25, -0.2) is 0 Å². The fourth-order valence-electron chi connectivity index (χ4n) is 2.26. The monoisotopic (exact) mass is 270 g/mol. The van der Waals surface area contributed by atoms with Gasteiger partial charge in [0, 0.05) is 5.02 Å². The molecule has 0 spiro atoms. The Labute approximate surface area is 112 Å². The molecule has 0 aliphatic carbocycles. The molecule has 0 bridgehead atoms. The third-order valence-electron chi connectivity index (χ3n) is 3.32. The van der Waals surface area contributed by atoms with Crippen LogP contribution >= 0.6 is 11.6 Å². The van der Waals surface area contributed by atoms with Crippen LogP contribution in [0, 0.1) is 5.92 Å². The van der Waals surface area contributed by atoms with Gasteiger partial charge in [0.1, 0.15) is 5.60 Å². The topological polar surface area (TPSA) is 57.5 Å². The number of hydrogen-bond acceptors (Lipinski definition) is 2. The highest BCUT2D eigenvalue weighted by molar-refractivity contribution is 6.30. The van der Waals surface area contributed by atoms with E-state index in [0.29, 0.717) is 29.8 Å². The fourth-order valence-corrected chi connectivity index (χ4v) is 2.45. The summed E-state index contributed by atoms with van der Waals surface area (Å²) in [7, 11) is 0. The number of halogens is 1. The normalized spacial score (nSPS) is 16.0. The Hall–Kier alpha value is -1.06. The molecule has 0 aliphatic heterocycles. The summed E-state index contributed by atoms with van der Waals surface area (Å²) in [6, 6.07) is 6.79. The minimum Gasteiger partial charge on any atom is -0.481 e. The number of aliphatic hydroxyl groups is 1. The number of benzene rings is 1. The quantitative estimate of drug-likeness (QED) is 0.832. The standard InChI is InChI=1S/C14H19ClO3/c1-3-6-12(13(16)17)14(18,4-2)10-7-5-8-11(15)9-10/h5,7-9,12,18H,3-4,6H2,1-2H3,(H,16,17). The van der Waals surface area contributed by atoms with Crippen LogP contribution in [0.2, 0.25) is 5.02 Å². The maximum atomic E-state index is 11.4. The number of hydrogen-bond donors (Lipinski definition) is 2. The molecular formula is C14H19ClO3. The van der Waals surface area contributed by atoms with Crippen molar-refractivity contribution in [3.05, 3.63) is 34.9 Å². The lowest BCUT2D eigenvalue weighted by molar-refractivity contribution is -0.154. The van der Waals surface area contributed by atoms with E-state index in [4.69, 9.17) is 11.6 Å². The molecule has 2 N–H and O–H groups in total. The van der Waals surface area contributed by atoms with Crippen molar-refractivity contribution >= 4 is 17.6 Å². The van der Waals surface area contributed by atoms with Crippen molar-refractivity contribution in [3.8, 4) is 0 Å². The molecule has 18 heavy (non-hydrogen) atoms. The van der Waals surface area contributed by atoms with Crippen molar-refractivity contribution in [1.82, 2.24) is 0 Å². The molecule has 1 aromatic carbocycles. The third-order valence-corrected chi connectivity index (χ3v) is 3.55. The van der Waals surface area contributed by atoms with Crippen LogP contribution < -0.4 is 0 Å². The molecule has 2 unspecified atom stereocenters. The summed E-state index contributed by atoms with van der Waals surface area (Å²) in [6.07, 6.45) is 1.48. The number of rotatable bonds is 6.